The fraction of sp³-hybridized carbons (Fsp3) is 0.278. The minimum Gasteiger partial charge on any atom is -0.508 e. The number of methoxy groups -OCH3 is 3. The third-order valence-electron chi connectivity index (χ3n) is 4.19. The second kappa shape index (κ2) is 6.31. The molecule has 126 valence electrons. The van der Waals surface area contributed by atoms with Crippen molar-refractivity contribution in [2.45, 2.75) is 12.3 Å². The van der Waals surface area contributed by atoms with E-state index in [1.807, 2.05) is 6.07 Å². The maximum Gasteiger partial charge on any atom is 0.225 e. The Morgan fingerprint density at radius 1 is 0.958 bits per heavy atom. The Bertz CT molecular complexity index is 787. The van der Waals surface area contributed by atoms with Crippen molar-refractivity contribution in [2.75, 3.05) is 26.6 Å². The van der Waals surface area contributed by atoms with Crippen LogP contribution in [0.2, 0.25) is 0 Å². The molecule has 0 saturated heterocycles. The van der Waals surface area contributed by atoms with Crippen LogP contribution in [0.15, 0.2) is 30.3 Å². The van der Waals surface area contributed by atoms with E-state index in [9.17, 15) is 9.90 Å². The normalized spacial score (nSPS) is 16.1. The summed E-state index contributed by atoms with van der Waals surface area (Å²) in [6, 6.07) is 8.53. The second-order valence-corrected chi connectivity index (χ2v) is 5.53. The van der Waals surface area contributed by atoms with Crippen LogP contribution in [-0.2, 0) is 4.79 Å². The smallest absolute Gasteiger partial charge is 0.225 e. The van der Waals surface area contributed by atoms with Gasteiger partial charge in [0.2, 0.25) is 5.91 Å². The van der Waals surface area contributed by atoms with Crippen LogP contribution in [-0.4, -0.2) is 32.3 Å². The highest BCUT2D eigenvalue weighted by atomic mass is 16.5. The van der Waals surface area contributed by atoms with Crippen molar-refractivity contribution in [1.29, 1.82) is 0 Å². The number of ether oxygens (including phenoxy) is 3. The molecule has 0 radical (unpaired) electrons. The van der Waals surface area contributed by atoms with E-state index >= 15 is 0 Å². The zero-order valence-electron chi connectivity index (χ0n) is 13.8. The van der Waals surface area contributed by atoms with Crippen molar-refractivity contribution in [3.05, 3.63) is 41.5 Å². The van der Waals surface area contributed by atoms with E-state index in [1.54, 1.807) is 38.5 Å². The van der Waals surface area contributed by atoms with Crippen molar-refractivity contribution < 1.29 is 24.1 Å². The molecule has 6 heteroatoms. The summed E-state index contributed by atoms with van der Waals surface area (Å²) in [6.45, 7) is 0. The summed E-state index contributed by atoms with van der Waals surface area (Å²) >= 11 is 0. The molecule has 1 aliphatic rings. The van der Waals surface area contributed by atoms with Crippen LogP contribution in [0.3, 0.4) is 0 Å². The number of carbonyl (C=O) groups excluding carboxylic acids is 1. The molecular formula is C18H19NO5. The summed E-state index contributed by atoms with van der Waals surface area (Å²) in [5.41, 5.74) is 2.43. The molecule has 1 aliphatic heterocycles. The Morgan fingerprint density at radius 2 is 1.62 bits per heavy atom. The van der Waals surface area contributed by atoms with Gasteiger partial charge in [-0.2, -0.15) is 0 Å². The van der Waals surface area contributed by atoms with Gasteiger partial charge in [-0.25, -0.2) is 0 Å². The summed E-state index contributed by atoms with van der Waals surface area (Å²) in [5, 5.41) is 12.5. The van der Waals surface area contributed by atoms with Crippen LogP contribution in [0.25, 0.3) is 0 Å². The van der Waals surface area contributed by atoms with Gasteiger partial charge in [0, 0.05) is 35.7 Å². The first kappa shape index (κ1) is 16.0. The van der Waals surface area contributed by atoms with Crippen LogP contribution >= 0.6 is 0 Å². The number of rotatable bonds is 4. The molecule has 1 unspecified atom stereocenters. The predicted octanol–water partition coefficient (Wildman–Crippen LogP) is 2.89. The summed E-state index contributed by atoms with van der Waals surface area (Å²) in [6.07, 6.45) is 0.281. The third kappa shape index (κ3) is 2.71. The number of fused-ring (bicyclic) bond motifs is 1. The number of hydrogen-bond acceptors (Lipinski definition) is 5. The van der Waals surface area contributed by atoms with E-state index in [-0.39, 0.29) is 24.0 Å². The summed E-state index contributed by atoms with van der Waals surface area (Å²) in [5.74, 6) is 1.50. The average Bonchev–Trinajstić information content (AvgIpc) is 2.59. The van der Waals surface area contributed by atoms with Crippen LogP contribution in [0, 0.1) is 0 Å². The number of hydrogen-bond donors (Lipinski definition) is 2. The van der Waals surface area contributed by atoms with Crippen molar-refractivity contribution in [2.24, 2.45) is 0 Å². The zero-order chi connectivity index (χ0) is 17.3. The fourth-order valence-corrected chi connectivity index (χ4v) is 3.05. The molecule has 0 spiro atoms. The van der Waals surface area contributed by atoms with E-state index in [4.69, 9.17) is 14.2 Å². The molecular weight excluding hydrogens is 310 g/mol. The van der Waals surface area contributed by atoms with E-state index in [1.165, 1.54) is 7.11 Å². The van der Waals surface area contributed by atoms with Crippen LogP contribution in [0.4, 0.5) is 5.69 Å². The van der Waals surface area contributed by atoms with Crippen LogP contribution in [0.5, 0.6) is 23.0 Å². The maximum absolute atomic E-state index is 12.2. The van der Waals surface area contributed by atoms with Gasteiger partial charge in [0.25, 0.3) is 0 Å². The molecule has 6 nitrogen and oxygen atoms in total. The maximum atomic E-state index is 12.2. The molecule has 2 N–H and O–H groups in total. The van der Waals surface area contributed by atoms with E-state index < -0.39 is 0 Å². The van der Waals surface area contributed by atoms with E-state index in [0.717, 1.165) is 11.1 Å². The molecule has 0 aliphatic carbocycles. The van der Waals surface area contributed by atoms with Gasteiger partial charge in [-0.05, 0) is 17.7 Å². The SMILES string of the molecule is COc1cc2c(cc1OC)C(c1ccc(O)cc1OC)CC(=O)N2. The van der Waals surface area contributed by atoms with Gasteiger partial charge in [0.1, 0.15) is 11.5 Å². The first-order valence-electron chi connectivity index (χ1n) is 7.50. The van der Waals surface area contributed by atoms with Crippen LogP contribution < -0.4 is 19.5 Å². The van der Waals surface area contributed by atoms with Gasteiger partial charge in [-0.15, -0.1) is 0 Å². The number of anilines is 1. The van der Waals surface area contributed by atoms with Crippen molar-refractivity contribution in [3.8, 4) is 23.0 Å². The molecule has 3 rings (SSSR count). The lowest BCUT2D eigenvalue weighted by atomic mass is 9.84. The molecule has 2 aromatic rings. The molecule has 0 bridgehead atoms. The molecule has 1 amide bonds. The first-order valence-corrected chi connectivity index (χ1v) is 7.50. The molecule has 0 aromatic heterocycles. The lowest BCUT2D eigenvalue weighted by molar-refractivity contribution is -0.116. The first-order chi connectivity index (χ1) is 11.6. The largest absolute Gasteiger partial charge is 0.508 e. The quantitative estimate of drug-likeness (QED) is 0.902. The molecule has 1 atom stereocenters. The van der Waals surface area contributed by atoms with E-state index in [0.29, 0.717) is 22.9 Å². The molecule has 24 heavy (non-hydrogen) atoms. The Hall–Kier alpha value is -2.89. The second-order valence-electron chi connectivity index (χ2n) is 5.53. The molecule has 1 heterocycles. The highest BCUT2D eigenvalue weighted by molar-refractivity contribution is 5.96. The highest BCUT2D eigenvalue weighted by Crippen LogP contribution is 2.45. The van der Waals surface area contributed by atoms with Crippen molar-refractivity contribution in [3.63, 3.8) is 0 Å². The minimum atomic E-state index is -0.205. The number of aromatic hydroxyl groups is 1. The van der Waals surface area contributed by atoms with Gasteiger partial charge in [-0.3, -0.25) is 4.79 Å². The number of phenols is 1. The molecule has 2 aromatic carbocycles. The average molecular weight is 329 g/mol. The number of phenolic OH excluding ortho intramolecular Hbond substituents is 1. The van der Waals surface area contributed by atoms with Gasteiger partial charge in [-0.1, -0.05) is 6.07 Å². The Morgan fingerprint density at radius 3 is 2.29 bits per heavy atom. The van der Waals surface area contributed by atoms with Crippen molar-refractivity contribution >= 4 is 11.6 Å². The predicted molar refractivity (Wildman–Crippen MR) is 89.3 cm³/mol. The lowest BCUT2D eigenvalue weighted by Gasteiger charge is -2.28. The number of amides is 1. The van der Waals surface area contributed by atoms with Gasteiger partial charge in [0.05, 0.1) is 21.3 Å². The van der Waals surface area contributed by atoms with Crippen LogP contribution in [0.1, 0.15) is 23.5 Å². The highest BCUT2D eigenvalue weighted by Gasteiger charge is 2.30. The summed E-state index contributed by atoms with van der Waals surface area (Å²) in [4.78, 5) is 12.2. The lowest BCUT2D eigenvalue weighted by Crippen LogP contribution is -2.24. The van der Waals surface area contributed by atoms with E-state index in [2.05, 4.69) is 5.32 Å². The number of nitrogens with one attached hydrogen (secondary N) is 1. The van der Waals surface area contributed by atoms with Gasteiger partial charge < -0.3 is 24.6 Å². The topological polar surface area (TPSA) is 77.0 Å². The fourth-order valence-electron chi connectivity index (χ4n) is 3.05. The zero-order valence-corrected chi connectivity index (χ0v) is 13.8. The van der Waals surface area contributed by atoms with Gasteiger partial charge >= 0.3 is 0 Å². The minimum absolute atomic E-state index is 0.0881. The Labute approximate surface area is 140 Å². The summed E-state index contributed by atoms with van der Waals surface area (Å²) < 4.78 is 16.1. The molecule has 0 fully saturated rings. The monoisotopic (exact) mass is 329 g/mol. The third-order valence-corrected chi connectivity index (χ3v) is 4.19. The standard InChI is InChI=1S/C18H19NO5/c1-22-15-6-10(20)4-5-11(15)12-8-18(21)19-14-9-17(24-3)16(23-2)7-13(12)14/h4-7,9,12,20H,8H2,1-3H3,(H,19,21). The Balaban J connectivity index is 2.17. The number of benzene rings is 2. The van der Waals surface area contributed by atoms with Crippen molar-refractivity contribution in [1.82, 2.24) is 0 Å². The Kier molecular flexibility index (Phi) is 4.20. The number of carbonyl (C=O) groups is 1. The summed E-state index contributed by atoms with van der Waals surface area (Å²) in [7, 11) is 4.66. The van der Waals surface area contributed by atoms with Gasteiger partial charge in [0.15, 0.2) is 11.5 Å². The molecule has 0 saturated carbocycles.